The highest BCUT2D eigenvalue weighted by molar-refractivity contribution is 6.37. The highest BCUT2D eigenvalue weighted by atomic mass is 35.5. The maximum absolute atomic E-state index is 15.1. The molecule has 1 unspecified atom stereocenters. The van der Waals surface area contributed by atoms with E-state index in [2.05, 4.69) is 10.3 Å². The molecule has 0 aliphatic heterocycles. The average Bonchev–Trinajstić information content (AvgIpc) is 2.88. The van der Waals surface area contributed by atoms with Gasteiger partial charge in [-0.3, -0.25) is 4.79 Å². The van der Waals surface area contributed by atoms with Gasteiger partial charge in [0.1, 0.15) is 11.4 Å². The SMILES string of the molecule is Cc1[nH]c2c(C(N)=O)cc(F)c(C3=CCCC(NC(=O)OC(C)(C)C)C3)c2c1Cl. The summed E-state index contributed by atoms with van der Waals surface area (Å²) in [4.78, 5) is 26.9. The number of rotatable bonds is 3. The number of benzene rings is 1. The molecule has 6 nitrogen and oxygen atoms in total. The summed E-state index contributed by atoms with van der Waals surface area (Å²) >= 11 is 6.44. The second-order valence-corrected chi connectivity index (χ2v) is 8.69. The number of carbonyl (C=O) groups is 2. The number of H-pyrrole nitrogens is 1. The van der Waals surface area contributed by atoms with E-state index in [1.165, 1.54) is 0 Å². The van der Waals surface area contributed by atoms with E-state index in [-0.39, 0.29) is 11.6 Å². The topological polar surface area (TPSA) is 97.2 Å². The Balaban J connectivity index is 1.97. The van der Waals surface area contributed by atoms with E-state index in [9.17, 15) is 9.59 Å². The van der Waals surface area contributed by atoms with Gasteiger partial charge in [-0.05, 0) is 58.6 Å². The fourth-order valence-corrected chi connectivity index (χ4v) is 3.88. The van der Waals surface area contributed by atoms with Crippen LogP contribution in [-0.2, 0) is 4.74 Å². The Morgan fingerprint density at radius 1 is 1.38 bits per heavy atom. The van der Waals surface area contributed by atoms with Crippen LogP contribution in [0.4, 0.5) is 9.18 Å². The van der Waals surface area contributed by atoms with Crippen molar-refractivity contribution in [1.82, 2.24) is 10.3 Å². The zero-order valence-electron chi connectivity index (χ0n) is 16.9. The van der Waals surface area contributed by atoms with Crippen LogP contribution in [0.5, 0.6) is 0 Å². The molecule has 0 bridgehead atoms. The number of carbonyl (C=O) groups excluding carboxylic acids is 2. The maximum Gasteiger partial charge on any atom is 0.407 e. The molecule has 0 spiro atoms. The predicted octanol–water partition coefficient (Wildman–Crippen LogP) is 4.83. The van der Waals surface area contributed by atoms with Crippen LogP contribution in [0.1, 0.15) is 61.6 Å². The lowest BCUT2D eigenvalue weighted by atomic mass is 9.87. The summed E-state index contributed by atoms with van der Waals surface area (Å²) in [5, 5.41) is 3.63. The molecule has 8 heteroatoms. The molecule has 2 aromatic rings. The van der Waals surface area contributed by atoms with Gasteiger partial charge in [0.2, 0.25) is 0 Å². The third kappa shape index (κ3) is 4.40. The molecule has 0 saturated carbocycles. The van der Waals surface area contributed by atoms with Crippen LogP contribution >= 0.6 is 11.6 Å². The normalized spacial score (nSPS) is 17.2. The number of nitrogens with two attached hydrogens (primary N) is 1. The van der Waals surface area contributed by atoms with E-state index < -0.39 is 23.4 Å². The van der Waals surface area contributed by atoms with Crippen LogP contribution in [0.25, 0.3) is 16.5 Å². The number of allylic oxidation sites excluding steroid dienone is 1. The summed E-state index contributed by atoms with van der Waals surface area (Å²) in [7, 11) is 0. The zero-order chi connectivity index (χ0) is 21.5. The number of hydrogen-bond donors (Lipinski definition) is 3. The number of aromatic amines is 1. The number of fused-ring (bicyclic) bond motifs is 1. The summed E-state index contributed by atoms with van der Waals surface area (Å²) < 4.78 is 20.4. The Labute approximate surface area is 173 Å². The van der Waals surface area contributed by atoms with E-state index in [1.807, 2.05) is 6.08 Å². The van der Waals surface area contributed by atoms with Gasteiger partial charge in [0.15, 0.2) is 0 Å². The Bertz CT molecular complexity index is 1020. The number of ether oxygens (including phenoxy) is 1. The Hall–Kier alpha value is -2.54. The van der Waals surface area contributed by atoms with Gasteiger partial charge < -0.3 is 20.8 Å². The van der Waals surface area contributed by atoms with Gasteiger partial charge >= 0.3 is 6.09 Å². The van der Waals surface area contributed by atoms with Crippen molar-refractivity contribution in [1.29, 1.82) is 0 Å². The summed E-state index contributed by atoms with van der Waals surface area (Å²) in [6.45, 7) is 7.13. The van der Waals surface area contributed by atoms with Crippen molar-refractivity contribution in [3.63, 3.8) is 0 Å². The molecule has 1 aromatic heterocycles. The molecule has 1 heterocycles. The molecular formula is C21H25ClFN3O3. The highest BCUT2D eigenvalue weighted by Gasteiger charge is 2.27. The first-order valence-corrected chi connectivity index (χ1v) is 9.84. The summed E-state index contributed by atoms with van der Waals surface area (Å²) in [6, 6.07) is 0.937. The van der Waals surface area contributed by atoms with Crippen LogP contribution in [0, 0.1) is 12.7 Å². The number of nitrogens with one attached hydrogen (secondary N) is 2. The van der Waals surface area contributed by atoms with Gasteiger partial charge in [-0.1, -0.05) is 17.7 Å². The van der Waals surface area contributed by atoms with Crippen molar-refractivity contribution in [2.45, 2.75) is 58.6 Å². The number of primary amides is 1. The molecule has 29 heavy (non-hydrogen) atoms. The van der Waals surface area contributed by atoms with Gasteiger partial charge in [-0.15, -0.1) is 0 Å². The minimum absolute atomic E-state index is 0.0519. The monoisotopic (exact) mass is 421 g/mol. The molecule has 0 radical (unpaired) electrons. The van der Waals surface area contributed by atoms with Crippen LogP contribution in [0.15, 0.2) is 12.1 Å². The minimum atomic E-state index is -0.736. The quantitative estimate of drug-likeness (QED) is 0.662. The van der Waals surface area contributed by atoms with Gasteiger partial charge in [-0.2, -0.15) is 0 Å². The molecule has 0 fully saturated rings. The maximum atomic E-state index is 15.1. The Morgan fingerprint density at radius 3 is 2.69 bits per heavy atom. The Morgan fingerprint density at radius 2 is 2.07 bits per heavy atom. The first-order valence-electron chi connectivity index (χ1n) is 9.47. The third-order valence-electron chi connectivity index (χ3n) is 4.82. The van der Waals surface area contributed by atoms with Crippen LogP contribution in [-0.4, -0.2) is 28.6 Å². The Kier molecular flexibility index (Phi) is 5.63. The highest BCUT2D eigenvalue weighted by Crippen LogP contribution is 2.40. The van der Waals surface area contributed by atoms with E-state index in [1.54, 1.807) is 27.7 Å². The molecule has 1 aliphatic rings. The second kappa shape index (κ2) is 7.71. The molecule has 2 amide bonds. The molecular weight excluding hydrogens is 397 g/mol. The molecule has 1 aromatic carbocycles. The van der Waals surface area contributed by atoms with E-state index in [0.29, 0.717) is 46.4 Å². The van der Waals surface area contributed by atoms with Gasteiger partial charge in [-0.25, -0.2) is 9.18 Å². The minimum Gasteiger partial charge on any atom is -0.444 e. The number of aryl methyl sites for hydroxylation is 1. The standard InChI is InChI=1S/C21H25ClFN3O3/c1-10-17(22)16-15(14(23)9-13(19(24)27)18(16)25-10)11-6-5-7-12(8-11)26-20(28)29-21(2,3)4/h6,9,12,25H,5,7-8H2,1-4H3,(H2,24,27)(H,26,28). The largest absolute Gasteiger partial charge is 0.444 e. The fourth-order valence-electron chi connectivity index (χ4n) is 3.65. The first-order chi connectivity index (χ1) is 13.5. The van der Waals surface area contributed by atoms with Crippen LogP contribution in [0.2, 0.25) is 5.02 Å². The summed E-state index contributed by atoms with van der Waals surface area (Å²) in [5.41, 5.74) is 6.96. The lowest BCUT2D eigenvalue weighted by Gasteiger charge is -2.27. The second-order valence-electron chi connectivity index (χ2n) is 8.31. The van der Waals surface area contributed by atoms with Crippen molar-refractivity contribution >= 4 is 40.1 Å². The van der Waals surface area contributed by atoms with Crippen LogP contribution in [0.3, 0.4) is 0 Å². The number of aromatic nitrogens is 1. The van der Waals surface area contributed by atoms with Crippen molar-refractivity contribution in [2.24, 2.45) is 5.73 Å². The van der Waals surface area contributed by atoms with Crippen molar-refractivity contribution in [3.05, 3.63) is 39.8 Å². The average molecular weight is 422 g/mol. The molecule has 156 valence electrons. The molecule has 4 N–H and O–H groups in total. The van der Waals surface area contributed by atoms with Crippen molar-refractivity contribution < 1.29 is 18.7 Å². The zero-order valence-corrected chi connectivity index (χ0v) is 17.7. The molecule has 0 saturated heterocycles. The summed E-state index contributed by atoms with van der Waals surface area (Å²) in [6.07, 6.45) is 3.23. The number of alkyl carbamates (subject to hydrolysis) is 1. The van der Waals surface area contributed by atoms with Crippen LogP contribution < -0.4 is 11.1 Å². The number of halogens is 2. The lowest BCUT2D eigenvalue weighted by molar-refractivity contribution is 0.0502. The lowest BCUT2D eigenvalue weighted by Crippen LogP contribution is -2.40. The van der Waals surface area contributed by atoms with E-state index in [4.69, 9.17) is 22.1 Å². The molecule has 1 aliphatic carbocycles. The smallest absolute Gasteiger partial charge is 0.407 e. The molecule has 1 atom stereocenters. The third-order valence-corrected chi connectivity index (χ3v) is 5.29. The number of hydrogen-bond acceptors (Lipinski definition) is 3. The van der Waals surface area contributed by atoms with Crippen molar-refractivity contribution in [2.75, 3.05) is 0 Å². The van der Waals surface area contributed by atoms with E-state index in [0.717, 1.165) is 11.6 Å². The first kappa shape index (κ1) is 21.2. The van der Waals surface area contributed by atoms with E-state index >= 15 is 4.39 Å². The van der Waals surface area contributed by atoms with Gasteiger partial charge in [0.05, 0.1) is 16.1 Å². The van der Waals surface area contributed by atoms with Gasteiger partial charge in [0.25, 0.3) is 5.91 Å². The van der Waals surface area contributed by atoms with Crippen molar-refractivity contribution in [3.8, 4) is 0 Å². The summed E-state index contributed by atoms with van der Waals surface area (Å²) in [5.74, 6) is -1.31. The predicted molar refractivity (Wildman–Crippen MR) is 112 cm³/mol. The number of amides is 2. The molecule has 3 rings (SSSR count). The fraction of sp³-hybridized carbons (Fsp3) is 0.429. The van der Waals surface area contributed by atoms with Gasteiger partial charge in [0, 0.05) is 22.7 Å².